The van der Waals surface area contributed by atoms with Crippen molar-refractivity contribution in [1.82, 2.24) is 0 Å². The lowest BCUT2D eigenvalue weighted by atomic mass is 10.0. The van der Waals surface area contributed by atoms with Gasteiger partial charge in [-0.3, -0.25) is 4.79 Å². The third-order valence-corrected chi connectivity index (χ3v) is 2.26. The molecule has 2 unspecified atom stereocenters. The molecule has 0 saturated carbocycles. The zero-order valence-corrected chi connectivity index (χ0v) is 8.55. The summed E-state index contributed by atoms with van der Waals surface area (Å²) in [7, 11) is 0. The highest BCUT2D eigenvalue weighted by Gasteiger charge is 2.17. The van der Waals surface area contributed by atoms with Crippen LogP contribution in [0.1, 0.15) is 23.7 Å². The maximum absolute atomic E-state index is 10.5. The van der Waals surface area contributed by atoms with Crippen LogP contribution in [-0.4, -0.2) is 22.2 Å². The van der Waals surface area contributed by atoms with Gasteiger partial charge in [-0.1, -0.05) is 29.8 Å². The quantitative estimate of drug-likeness (QED) is 0.685. The number of carboxylic acid groups (broad SMARTS) is 1. The first-order valence-electron chi connectivity index (χ1n) is 4.73. The van der Waals surface area contributed by atoms with Crippen molar-refractivity contribution in [2.45, 2.75) is 25.5 Å². The monoisotopic (exact) mass is 209 g/mol. The normalized spacial score (nSPS) is 14.6. The zero-order chi connectivity index (χ0) is 11.4. The van der Waals surface area contributed by atoms with Crippen LogP contribution in [0.5, 0.6) is 0 Å². The highest BCUT2D eigenvalue weighted by Crippen LogP contribution is 2.18. The van der Waals surface area contributed by atoms with Gasteiger partial charge in [0, 0.05) is 6.42 Å². The van der Waals surface area contributed by atoms with Crippen molar-refractivity contribution in [1.29, 1.82) is 0 Å². The van der Waals surface area contributed by atoms with E-state index in [9.17, 15) is 9.90 Å². The van der Waals surface area contributed by atoms with Crippen LogP contribution in [0.25, 0.3) is 0 Å². The average Bonchev–Trinajstić information content (AvgIpc) is 2.18. The average molecular weight is 209 g/mol. The smallest absolute Gasteiger partial charge is 0.320 e. The zero-order valence-electron chi connectivity index (χ0n) is 8.55. The van der Waals surface area contributed by atoms with Crippen molar-refractivity contribution < 1.29 is 15.0 Å². The minimum atomic E-state index is -1.10. The van der Waals surface area contributed by atoms with Crippen LogP contribution in [-0.2, 0) is 4.79 Å². The molecule has 0 aliphatic rings. The Balaban J connectivity index is 2.64. The summed E-state index contributed by atoms with van der Waals surface area (Å²) in [5, 5.41) is 18.3. The molecule has 0 aliphatic heterocycles. The molecule has 1 aromatic carbocycles. The Morgan fingerprint density at radius 2 is 1.93 bits per heavy atom. The molecule has 0 aliphatic carbocycles. The number of carbonyl (C=O) groups is 1. The molecule has 4 N–H and O–H groups in total. The Morgan fingerprint density at radius 1 is 1.40 bits per heavy atom. The van der Waals surface area contributed by atoms with E-state index in [0.717, 1.165) is 5.56 Å². The van der Waals surface area contributed by atoms with Crippen molar-refractivity contribution in [2.75, 3.05) is 0 Å². The minimum absolute atomic E-state index is 0.0262. The topological polar surface area (TPSA) is 83.5 Å². The fraction of sp³-hybridized carbons (Fsp3) is 0.364. The number of aliphatic carboxylic acids is 1. The number of carboxylic acids is 1. The lowest BCUT2D eigenvalue weighted by Gasteiger charge is -2.13. The van der Waals surface area contributed by atoms with E-state index in [-0.39, 0.29) is 6.42 Å². The summed E-state index contributed by atoms with van der Waals surface area (Å²) in [6, 6.07) is 6.25. The van der Waals surface area contributed by atoms with E-state index in [1.807, 2.05) is 19.1 Å². The van der Waals surface area contributed by atoms with E-state index < -0.39 is 18.1 Å². The molecule has 0 radical (unpaired) electrons. The second-order valence-corrected chi connectivity index (χ2v) is 3.61. The summed E-state index contributed by atoms with van der Waals surface area (Å²) in [4.78, 5) is 10.5. The van der Waals surface area contributed by atoms with Crippen molar-refractivity contribution in [3.8, 4) is 0 Å². The maximum Gasteiger partial charge on any atom is 0.320 e. The van der Waals surface area contributed by atoms with Gasteiger partial charge in [-0.2, -0.15) is 0 Å². The highest BCUT2D eigenvalue weighted by molar-refractivity contribution is 5.73. The molecule has 82 valence electrons. The van der Waals surface area contributed by atoms with E-state index in [2.05, 4.69) is 0 Å². The van der Waals surface area contributed by atoms with E-state index in [0.29, 0.717) is 5.56 Å². The van der Waals surface area contributed by atoms with Gasteiger partial charge in [-0.05, 0) is 12.5 Å². The summed E-state index contributed by atoms with van der Waals surface area (Å²) in [5.74, 6) is -1.10. The summed E-state index contributed by atoms with van der Waals surface area (Å²) < 4.78 is 0. The Kier molecular flexibility index (Phi) is 3.82. The first kappa shape index (κ1) is 11.7. The molecule has 2 atom stereocenters. The standard InChI is InChI=1S/C11H15NO3/c1-7-2-4-8(5-3-7)10(13)6-9(12)11(14)15/h2-5,9-10,13H,6,12H2,1H3,(H,14,15). The Bertz CT molecular complexity index is 334. The van der Waals surface area contributed by atoms with Gasteiger partial charge in [0.1, 0.15) is 6.04 Å². The molecular formula is C11H15NO3. The molecule has 0 aromatic heterocycles. The lowest BCUT2D eigenvalue weighted by Crippen LogP contribution is -2.31. The highest BCUT2D eigenvalue weighted by atomic mass is 16.4. The number of aliphatic hydroxyl groups excluding tert-OH is 1. The van der Waals surface area contributed by atoms with Crippen LogP contribution in [0, 0.1) is 6.92 Å². The number of rotatable bonds is 4. The molecular weight excluding hydrogens is 194 g/mol. The van der Waals surface area contributed by atoms with Crippen molar-refractivity contribution in [2.24, 2.45) is 5.73 Å². The van der Waals surface area contributed by atoms with Crippen molar-refractivity contribution >= 4 is 5.97 Å². The van der Waals surface area contributed by atoms with Crippen LogP contribution < -0.4 is 5.73 Å². The van der Waals surface area contributed by atoms with Gasteiger partial charge in [0.25, 0.3) is 0 Å². The molecule has 0 fully saturated rings. The molecule has 0 saturated heterocycles. The Hall–Kier alpha value is -1.39. The van der Waals surface area contributed by atoms with Gasteiger partial charge in [0.05, 0.1) is 6.10 Å². The molecule has 15 heavy (non-hydrogen) atoms. The van der Waals surface area contributed by atoms with Crippen molar-refractivity contribution in [3.63, 3.8) is 0 Å². The van der Waals surface area contributed by atoms with Gasteiger partial charge in [0.15, 0.2) is 0 Å². The fourth-order valence-corrected chi connectivity index (χ4v) is 1.27. The van der Waals surface area contributed by atoms with Gasteiger partial charge in [-0.15, -0.1) is 0 Å². The molecule has 0 heterocycles. The number of benzene rings is 1. The third-order valence-electron chi connectivity index (χ3n) is 2.26. The summed E-state index contributed by atoms with van der Waals surface area (Å²) >= 11 is 0. The predicted molar refractivity (Wildman–Crippen MR) is 56.4 cm³/mol. The van der Waals surface area contributed by atoms with Crippen LogP contribution in [0.4, 0.5) is 0 Å². The second-order valence-electron chi connectivity index (χ2n) is 3.61. The number of hydrogen-bond donors (Lipinski definition) is 3. The summed E-state index contributed by atoms with van der Waals surface area (Å²) in [5.41, 5.74) is 7.11. The van der Waals surface area contributed by atoms with Gasteiger partial charge in [-0.25, -0.2) is 0 Å². The maximum atomic E-state index is 10.5. The van der Waals surface area contributed by atoms with Crippen LogP contribution in [0.15, 0.2) is 24.3 Å². The van der Waals surface area contributed by atoms with Gasteiger partial charge < -0.3 is 15.9 Å². The predicted octanol–water partition coefficient (Wildman–Crippen LogP) is 0.830. The molecule has 0 bridgehead atoms. The number of aliphatic hydroxyl groups is 1. The first-order chi connectivity index (χ1) is 7.00. The van der Waals surface area contributed by atoms with E-state index in [4.69, 9.17) is 10.8 Å². The Morgan fingerprint density at radius 3 is 2.40 bits per heavy atom. The second kappa shape index (κ2) is 4.91. The van der Waals surface area contributed by atoms with Crippen LogP contribution in [0.2, 0.25) is 0 Å². The minimum Gasteiger partial charge on any atom is -0.480 e. The van der Waals surface area contributed by atoms with Crippen molar-refractivity contribution in [3.05, 3.63) is 35.4 Å². The van der Waals surface area contributed by atoms with E-state index in [1.54, 1.807) is 12.1 Å². The molecule has 4 heteroatoms. The molecule has 0 spiro atoms. The van der Waals surface area contributed by atoms with Crippen LogP contribution >= 0.6 is 0 Å². The lowest BCUT2D eigenvalue weighted by molar-refractivity contribution is -0.139. The van der Waals surface area contributed by atoms with Gasteiger partial charge in [0.2, 0.25) is 0 Å². The number of hydrogen-bond acceptors (Lipinski definition) is 3. The fourth-order valence-electron chi connectivity index (χ4n) is 1.27. The van der Waals surface area contributed by atoms with E-state index >= 15 is 0 Å². The Labute approximate surface area is 88.3 Å². The number of nitrogens with two attached hydrogens (primary N) is 1. The first-order valence-corrected chi connectivity index (χ1v) is 4.73. The summed E-state index contributed by atoms with van der Waals surface area (Å²) in [6.45, 7) is 1.94. The van der Waals surface area contributed by atoms with Crippen LogP contribution in [0.3, 0.4) is 0 Å². The SMILES string of the molecule is Cc1ccc(C(O)CC(N)C(=O)O)cc1. The molecule has 0 amide bonds. The van der Waals surface area contributed by atoms with E-state index in [1.165, 1.54) is 0 Å². The summed E-state index contributed by atoms with van der Waals surface area (Å²) in [6.07, 6.45) is -0.796. The molecule has 1 aromatic rings. The van der Waals surface area contributed by atoms with Gasteiger partial charge >= 0.3 is 5.97 Å². The largest absolute Gasteiger partial charge is 0.480 e. The number of aryl methyl sites for hydroxylation is 1. The molecule has 4 nitrogen and oxygen atoms in total. The third kappa shape index (κ3) is 3.34. The molecule has 1 rings (SSSR count).